The van der Waals surface area contributed by atoms with Gasteiger partial charge in [0.1, 0.15) is 17.5 Å². The Balaban J connectivity index is 1.73. The molecule has 1 unspecified atom stereocenters. The van der Waals surface area contributed by atoms with Crippen LogP contribution in [0.15, 0.2) is 18.2 Å². The highest BCUT2D eigenvalue weighted by atomic mass is 19.1. The molecular formula is C19H23F2N5O. The number of nitrogens with two attached hydrogens (primary N) is 1. The number of aromatic nitrogens is 2. The minimum Gasteiger partial charge on any atom is -0.363 e. The van der Waals surface area contributed by atoms with Gasteiger partial charge in [-0.1, -0.05) is 0 Å². The lowest BCUT2D eigenvalue weighted by molar-refractivity contribution is 0.0990. The predicted molar refractivity (Wildman–Crippen MR) is 98.6 cm³/mol. The summed E-state index contributed by atoms with van der Waals surface area (Å²) in [6.45, 7) is 7.02. The number of nitrogens with zero attached hydrogens (tertiary/aromatic N) is 3. The van der Waals surface area contributed by atoms with E-state index in [9.17, 15) is 13.6 Å². The Morgan fingerprint density at radius 2 is 1.93 bits per heavy atom. The van der Waals surface area contributed by atoms with Crippen LogP contribution in [0.2, 0.25) is 0 Å². The second-order valence-electron chi connectivity index (χ2n) is 6.97. The lowest BCUT2D eigenvalue weighted by Crippen LogP contribution is -2.35. The lowest BCUT2D eigenvalue weighted by Gasteiger charge is -2.23. The first-order chi connectivity index (χ1) is 12.7. The number of hydrogen-bond donors (Lipinski definition) is 2. The maximum absolute atomic E-state index is 13.4. The molecule has 0 aliphatic carbocycles. The van der Waals surface area contributed by atoms with Crippen LogP contribution in [-0.2, 0) is 0 Å². The fourth-order valence-corrected chi connectivity index (χ4v) is 3.40. The molecule has 1 aliphatic rings. The molecule has 1 aromatic heterocycles. The summed E-state index contributed by atoms with van der Waals surface area (Å²) >= 11 is 0. The summed E-state index contributed by atoms with van der Waals surface area (Å²) in [5.74, 6) is -1.12. The molecule has 1 amide bonds. The zero-order chi connectivity index (χ0) is 19.7. The Morgan fingerprint density at radius 1 is 1.26 bits per heavy atom. The van der Waals surface area contributed by atoms with Gasteiger partial charge in [-0.05, 0) is 44.9 Å². The molecular weight excluding hydrogens is 352 g/mol. The largest absolute Gasteiger partial charge is 0.363 e. The van der Waals surface area contributed by atoms with Crippen molar-refractivity contribution in [1.82, 2.24) is 15.3 Å². The summed E-state index contributed by atoms with van der Waals surface area (Å²) in [6, 6.07) is 3.46. The SMILES string of the molecule is Cc1nc(C(N)=O)nc(N2CC[C@@H](NC(C)c3cc(F)cc(F)c3)C2)c1C. The Bertz CT molecular complexity index is 853. The standard InChI is InChI=1S/C19H23F2N5O/c1-10-11(2)24-18(17(22)27)25-19(10)26-5-4-16(9-26)23-12(3)13-6-14(20)8-15(21)7-13/h6-8,12,16,23H,4-5,9H2,1-3H3,(H2,22,27)/t12?,16-/m1/s1. The summed E-state index contributed by atoms with van der Waals surface area (Å²) in [4.78, 5) is 22.0. The van der Waals surface area contributed by atoms with Crippen molar-refractivity contribution in [3.05, 3.63) is 52.5 Å². The molecule has 3 N–H and O–H groups in total. The van der Waals surface area contributed by atoms with E-state index in [2.05, 4.69) is 20.2 Å². The van der Waals surface area contributed by atoms with Crippen molar-refractivity contribution in [2.75, 3.05) is 18.0 Å². The third kappa shape index (κ3) is 4.21. The maximum Gasteiger partial charge on any atom is 0.286 e. The van der Waals surface area contributed by atoms with Crippen molar-refractivity contribution in [2.45, 2.75) is 39.3 Å². The minimum atomic E-state index is -0.657. The summed E-state index contributed by atoms with van der Waals surface area (Å²) in [5.41, 5.74) is 7.51. The van der Waals surface area contributed by atoms with Gasteiger partial charge in [0.15, 0.2) is 0 Å². The van der Waals surface area contributed by atoms with Gasteiger partial charge in [-0.3, -0.25) is 4.79 Å². The van der Waals surface area contributed by atoms with Crippen LogP contribution in [0.3, 0.4) is 0 Å². The number of rotatable bonds is 5. The molecule has 27 heavy (non-hydrogen) atoms. The van der Waals surface area contributed by atoms with Crippen LogP contribution >= 0.6 is 0 Å². The molecule has 6 nitrogen and oxygen atoms in total. The molecule has 1 fully saturated rings. The van der Waals surface area contributed by atoms with Gasteiger partial charge < -0.3 is 16.0 Å². The van der Waals surface area contributed by atoms with Gasteiger partial charge in [0, 0.05) is 42.5 Å². The van der Waals surface area contributed by atoms with Crippen LogP contribution in [-0.4, -0.2) is 35.0 Å². The highest BCUT2D eigenvalue weighted by Crippen LogP contribution is 2.25. The Labute approximate surface area is 156 Å². The number of aryl methyl sites for hydroxylation is 1. The maximum atomic E-state index is 13.4. The van der Waals surface area contributed by atoms with Gasteiger partial charge in [0.2, 0.25) is 5.82 Å². The third-order valence-corrected chi connectivity index (χ3v) is 4.94. The van der Waals surface area contributed by atoms with E-state index in [0.717, 1.165) is 24.6 Å². The molecule has 2 heterocycles. The van der Waals surface area contributed by atoms with E-state index in [-0.39, 0.29) is 17.9 Å². The number of amides is 1. The monoisotopic (exact) mass is 375 g/mol. The molecule has 0 bridgehead atoms. The first-order valence-electron chi connectivity index (χ1n) is 8.86. The Morgan fingerprint density at radius 3 is 2.56 bits per heavy atom. The highest BCUT2D eigenvalue weighted by Gasteiger charge is 2.27. The number of benzene rings is 1. The smallest absolute Gasteiger partial charge is 0.286 e. The number of carbonyl (C=O) groups excluding carboxylic acids is 1. The zero-order valence-electron chi connectivity index (χ0n) is 15.6. The van der Waals surface area contributed by atoms with Crippen molar-refractivity contribution < 1.29 is 13.6 Å². The van der Waals surface area contributed by atoms with Crippen LogP contribution in [0.25, 0.3) is 0 Å². The van der Waals surface area contributed by atoms with E-state index in [1.807, 2.05) is 20.8 Å². The summed E-state index contributed by atoms with van der Waals surface area (Å²) in [6.07, 6.45) is 0.844. The number of primary amides is 1. The van der Waals surface area contributed by atoms with Crippen LogP contribution < -0.4 is 16.0 Å². The van der Waals surface area contributed by atoms with Gasteiger partial charge in [0.25, 0.3) is 5.91 Å². The van der Waals surface area contributed by atoms with Crippen molar-refractivity contribution in [3.8, 4) is 0 Å². The molecule has 3 rings (SSSR count). The van der Waals surface area contributed by atoms with E-state index in [1.54, 1.807) is 0 Å². The topological polar surface area (TPSA) is 84.1 Å². The molecule has 144 valence electrons. The Hall–Kier alpha value is -2.61. The first-order valence-corrected chi connectivity index (χ1v) is 8.86. The molecule has 0 spiro atoms. The number of carbonyl (C=O) groups is 1. The second-order valence-corrected chi connectivity index (χ2v) is 6.97. The predicted octanol–water partition coefficient (Wildman–Crippen LogP) is 2.40. The summed E-state index contributed by atoms with van der Waals surface area (Å²) in [7, 11) is 0. The third-order valence-electron chi connectivity index (χ3n) is 4.94. The van der Waals surface area contributed by atoms with Gasteiger partial charge in [-0.15, -0.1) is 0 Å². The van der Waals surface area contributed by atoms with Crippen molar-refractivity contribution in [2.24, 2.45) is 5.73 Å². The molecule has 2 atom stereocenters. The van der Waals surface area contributed by atoms with Crippen LogP contribution in [0, 0.1) is 25.5 Å². The van der Waals surface area contributed by atoms with Gasteiger partial charge in [-0.2, -0.15) is 0 Å². The second kappa shape index (κ2) is 7.56. The molecule has 1 aromatic carbocycles. The van der Waals surface area contributed by atoms with Crippen LogP contribution in [0.1, 0.15) is 46.8 Å². The molecule has 1 saturated heterocycles. The summed E-state index contributed by atoms with van der Waals surface area (Å²) in [5, 5.41) is 3.41. The highest BCUT2D eigenvalue weighted by molar-refractivity contribution is 5.89. The number of halogens is 2. The molecule has 2 aromatic rings. The van der Waals surface area contributed by atoms with E-state index < -0.39 is 17.5 Å². The van der Waals surface area contributed by atoms with Crippen LogP contribution in [0.4, 0.5) is 14.6 Å². The van der Waals surface area contributed by atoms with E-state index in [1.165, 1.54) is 12.1 Å². The quantitative estimate of drug-likeness (QED) is 0.838. The van der Waals surface area contributed by atoms with Gasteiger partial charge in [-0.25, -0.2) is 18.7 Å². The van der Waals surface area contributed by atoms with E-state index >= 15 is 0 Å². The van der Waals surface area contributed by atoms with E-state index in [4.69, 9.17) is 5.73 Å². The molecule has 1 aliphatic heterocycles. The normalized spacial score (nSPS) is 18.0. The zero-order valence-corrected chi connectivity index (χ0v) is 15.6. The number of nitrogens with one attached hydrogen (secondary N) is 1. The average molecular weight is 375 g/mol. The molecule has 8 heteroatoms. The molecule has 0 radical (unpaired) electrons. The summed E-state index contributed by atoms with van der Waals surface area (Å²) < 4.78 is 26.9. The lowest BCUT2D eigenvalue weighted by atomic mass is 10.1. The van der Waals surface area contributed by atoms with Crippen molar-refractivity contribution in [1.29, 1.82) is 0 Å². The fourth-order valence-electron chi connectivity index (χ4n) is 3.40. The van der Waals surface area contributed by atoms with Crippen molar-refractivity contribution in [3.63, 3.8) is 0 Å². The minimum absolute atomic E-state index is 0.00751. The van der Waals surface area contributed by atoms with Gasteiger partial charge in [0.05, 0.1) is 0 Å². The number of anilines is 1. The fraction of sp³-hybridized carbons (Fsp3) is 0.421. The average Bonchev–Trinajstić information content (AvgIpc) is 3.04. The van der Waals surface area contributed by atoms with E-state index in [0.29, 0.717) is 23.6 Å². The number of hydrogen-bond acceptors (Lipinski definition) is 5. The molecule has 0 saturated carbocycles. The van der Waals surface area contributed by atoms with Crippen molar-refractivity contribution >= 4 is 11.7 Å². The first kappa shape index (κ1) is 19.2. The Kier molecular flexibility index (Phi) is 5.36. The van der Waals surface area contributed by atoms with Gasteiger partial charge >= 0.3 is 0 Å². The van der Waals surface area contributed by atoms with Crippen LogP contribution in [0.5, 0.6) is 0 Å².